The van der Waals surface area contributed by atoms with E-state index in [0.717, 1.165) is 11.3 Å². The second kappa shape index (κ2) is 3.54. The lowest BCUT2D eigenvalue weighted by Crippen LogP contribution is -2.52. The number of primary amides is 1. The minimum atomic E-state index is -4.09. The van der Waals surface area contributed by atoms with Gasteiger partial charge in [0.2, 0.25) is 9.84 Å². The van der Waals surface area contributed by atoms with Gasteiger partial charge in [0.15, 0.2) is 0 Å². The second-order valence-corrected chi connectivity index (χ2v) is 7.05. The molecule has 7 heteroatoms. The molecule has 0 aromatic carbocycles. The largest absolute Gasteiger partial charge is 0.367 e. The minimum Gasteiger partial charge on any atom is -0.367 e. The summed E-state index contributed by atoms with van der Waals surface area (Å²) >= 11 is 0.964. The van der Waals surface area contributed by atoms with E-state index < -0.39 is 26.6 Å². The van der Waals surface area contributed by atoms with Crippen LogP contribution in [0.2, 0.25) is 0 Å². The Labute approximate surface area is 96.8 Å². The number of carbonyl (C=O) groups is 1. The van der Waals surface area contributed by atoms with E-state index in [2.05, 4.69) is 0 Å². The van der Waals surface area contributed by atoms with Gasteiger partial charge in [0.25, 0.3) is 10.8 Å². The van der Waals surface area contributed by atoms with Gasteiger partial charge in [-0.25, -0.2) is 8.42 Å². The Morgan fingerprint density at radius 3 is 2.56 bits per heavy atom. The zero-order chi connectivity index (χ0) is 12.0. The predicted molar refractivity (Wildman–Crippen MR) is 58.4 cm³/mol. The second-order valence-electron chi connectivity index (χ2n) is 3.77. The molecule has 1 saturated carbocycles. The average molecular weight is 261 g/mol. The van der Waals surface area contributed by atoms with Crippen molar-refractivity contribution in [3.8, 4) is 0 Å². The lowest BCUT2D eigenvalue weighted by Gasteiger charge is -2.23. The normalized spacial score (nSPS) is 20.3. The van der Waals surface area contributed by atoms with Gasteiger partial charge in [-0.3, -0.25) is 4.79 Å². The number of aliphatic hydroxyl groups is 1. The Hall–Kier alpha value is -0.920. The van der Waals surface area contributed by atoms with Crippen molar-refractivity contribution in [2.75, 3.05) is 0 Å². The van der Waals surface area contributed by atoms with Crippen molar-refractivity contribution in [3.63, 3.8) is 0 Å². The van der Waals surface area contributed by atoms with Crippen molar-refractivity contribution < 1.29 is 18.3 Å². The average Bonchev–Trinajstić information content (AvgIpc) is 2.91. The Bertz CT molecular complexity index is 504. The molecule has 1 aromatic rings. The first-order valence-corrected chi connectivity index (χ1v) is 7.07. The standard InChI is InChI=1S/C9H11NO4S2/c10-8(11)9(12,6-3-4-6)16(13,14)7-2-1-5-15-7/h1-2,5-6,12H,3-4H2,(H2,10,11). The molecule has 0 radical (unpaired) electrons. The third kappa shape index (κ3) is 1.47. The molecular formula is C9H11NO4S2. The molecule has 1 aromatic heterocycles. The van der Waals surface area contributed by atoms with Crippen LogP contribution < -0.4 is 5.73 Å². The van der Waals surface area contributed by atoms with Crippen LogP contribution in [0.15, 0.2) is 21.7 Å². The number of carbonyl (C=O) groups excluding carboxylic acids is 1. The van der Waals surface area contributed by atoms with Crippen LogP contribution >= 0.6 is 11.3 Å². The highest BCUT2D eigenvalue weighted by atomic mass is 32.2. The first-order valence-electron chi connectivity index (χ1n) is 4.71. The summed E-state index contributed by atoms with van der Waals surface area (Å²) in [5, 5.41) is 11.6. The maximum atomic E-state index is 12.1. The van der Waals surface area contributed by atoms with Crippen LogP contribution in [0.1, 0.15) is 12.8 Å². The highest BCUT2D eigenvalue weighted by Crippen LogP contribution is 2.45. The summed E-state index contributed by atoms with van der Waals surface area (Å²) in [5.74, 6) is -1.76. The predicted octanol–water partition coefficient (Wildman–Crippen LogP) is 0.106. The Morgan fingerprint density at radius 1 is 1.56 bits per heavy atom. The first kappa shape index (κ1) is 11.6. The molecule has 0 bridgehead atoms. The fourth-order valence-corrected chi connectivity index (χ4v) is 4.60. The topological polar surface area (TPSA) is 97.5 Å². The molecule has 16 heavy (non-hydrogen) atoms. The van der Waals surface area contributed by atoms with Crippen molar-refractivity contribution in [2.24, 2.45) is 11.7 Å². The minimum absolute atomic E-state index is 0.0271. The maximum absolute atomic E-state index is 12.1. The number of nitrogens with two attached hydrogens (primary N) is 1. The number of hydrogen-bond donors (Lipinski definition) is 2. The van der Waals surface area contributed by atoms with Gasteiger partial charge in [-0.15, -0.1) is 11.3 Å². The fourth-order valence-electron chi connectivity index (χ4n) is 1.60. The maximum Gasteiger partial charge on any atom is 0.266 e. The lowest BCUT2D eigenvalue weighted by atomic mass is 10.2. The van der Waals surface area contributed by atoms with Crippen molar-refractivity contribution >= 4 is 27.1 Å². The van der Waals surface area contributed by atoms with Crippen LogP contribution in [-0.2, 0) is 14.6 Å². The molecule has 1 aliphatic carbocycles. The highest BCUT2D eigenvalue weighted by molar-refractivity contribution is 7.95. The van der Waals surface area contributed by atoms with Crippen LogP contribution in [0, 0.1) is 5.92 Å². The van der Waals surface area contributed by atoms with Crippen molar-refractivity contribution in [1.29, 1.82) is 0 Å². The number of hydrogen-bond acceptors (Lipinski definition) is 5. The van der Waals surface area contributed by atoms with Gasteiger partial charge in [-0.2, -0.15) is 0 Å². The molecule has 1 heterocycles. The van der Waals surface area contributed by atoms with Gasteiger partial charge in [0, 0.05) is 5.92 Å². The van der Waals surface area contributed by atoms with Crippen LogP contribution in [0.3, 0.4) is 0 Å². The van der Waals surface area contributed by atoms with Crippen molar-refractivity contribution in [1.82, 2.24) is 0 Å². The van der Waals surface area contributed by atoms with Gasteiger partial charge in [-0.1, -0.05) is 6.07 Å². The number of sulfone groups is 1. The molecule has 0 saturated heterocycles. The molecule has 1 aliphatic rings. The summed E-state index contributed by atoms with van der Waals surface area (Å²) in [7, 11) is -4.09. The van der Waals surface area contributed by atoms with Crippen LogP contribution in [0.25, 0.3) is 0 Å². The Kier molecular flexibility index (Phi) is 2.56. The van der Waals surface area contributed by atoms with Crippen LogP contribution in [-0.4, -0.2) is 24.4 Å². The molecule has 2 rings (SSSR count). The van der Waals surface area contributed by atoms with Gasteiger partial charge in [0.05, 0.1) is 0 Å². The number of rotatable bonds is 4. The van der Waals surface area contributed by atoms with Gasteiger partial charge in [-0.05, 0) is 24.3 Å². The molecule has 3 N–H and O–H groups in total. The summed E-state index contributed by atoms with van der Waals surface area (Å²) in [4.78, 5) is 8.80. The molecule has 1 unspecified atom stereocenters. The molecule has 1 amide bonds. The van der Waals surface area contributed by atoms with E-state index in [0.29, 0.717) is 12.8 Å². The quantitative estimate of drug-likeness (QED) is 0.803. The van der Waals surface area contributed by atoms with Gasteiger partial charge >= 0.3 is 0 Å². The third-order valence-corrected chi connectivity index (χ3v) is 6.28. The SMILES string of the molecule is NC(=O)C(O)(C1CC1)S(=O)(=O)c1cccs1. The lowest BCUT2D eigenvalue weighted by molar-refractivity contribution is -0.130. The third-order valence-electron chi connectivity index (χ3n) is 2.65. The van der Waals surface area contributed by atoms with Gasteiger partial charge in [0.1, 0.15) is 4.21 Å². The van der Waals surface area contributed by atoms with E-state index in [4.69, 9.17) is 5.73 Å². The van der Waals surface area contributed by atoms with E-state index in [1.807, 2.05) is 0 Å². The van der Waals surface area contributed by atoms with Crippen molar-refractivity contribution in [2.45, 2.75) is 22.0 Å². The van der Waals surface area contributed by atoms with Gasteiger partial charge < -0.3 is 10.8 Å². The zero-order valence-corrected chi connectivity index (χ0v) is 9.92. The summed E-state index contributed by atoms with van der Waals surface area (Å²) in [5.41, 5.74) is 5.04. The zero-order valence-electron chi connectivity index (χ0n) is 8.29. The molecule has 1 fully saturated rings. The van der Waals surface area contributed by atoms with E-state index >= 15 is 0 Å². The molecule has 88 valence electrons. The smallest absolute Gasteiger partial charge is 0.266 e. The molecule has 1 atom stereocenters. The Morgan fingerprint density at radius 2 is 2.19 bits per heavy atom. The summed E-state index contributed by atoms with van der Waals surface area (Å²) in [6.45, 7) is 0. The molecule has 5 nitrogen and oxygen atoms in total. The fraction of sp³-hybridized carbons (Fsp3) is 0.444. The summed E-state index contributed by atoms with van der Waals surface area (Å²) in [6, 6.07) is 2.90. The molecule has 0 spiro atoms. The Balaban J connectivity index is 2.53. The van der Waals surface area contributed by atoms with Crippen LogP contribution in [0.4, 0.5) is 0 Å². The van der Waals surface area contributed by atoms with E-state index in [1.54, 1.807) is 11.4 Å². The van der Waals surface area contributed by atoms with Crippen molar-refractivity contribution in [3.05, 3.63) is 17.5 Å². The van der Waals surface area contributed by atoms with E-state index in [9.17, 15) is 18.3 Å². The summed E-state index contributed by atoms with van der Waals surface area (Å²) in [6.07, 6.45) is 1.01. The number of thiophene rings is 1. The number of amides is 1. The van der Waals surface area contributed by atoms with E-state index in [1.165, 1.54) is 6.07 Å². The molecular weight excluding hydrogens is 250 g/mol. The molecule has 0 aliphatic heterocycles. The highest BCUT2D eigenvalue weighted by Gasteiger charge is 2.59. The van der Waals surface area contributed by atoms with E-state index in [-0.39, 0.29) is 4.21 Å². The van der Waals surface area contributed by atoms with Crippen LogP contribution in [0.5, 0.6) is 0 Å². The monoisotopic (exact) mass is 261 g/mol. The first-order chi connectivity index (χ1) is 7.40. The summed E-state index contributed by atoms with van der Waals surface area (Å²) < 4.78 is 24.2.